The van der Waals surface area contributed by atoms with Crippen LogP contribution in [0.3, 0.4) is 0 Å². The highest BCUT2D eigenvalue weighted by atomic mass is 16.5. The molecular formula is C18H23NO2. The molecule has 0 heterocycles. The molecule has 3 heteroatoms. The minimum absolute atomic E-state index is 0.155. The molecule has 1 unspecified atom stereocenters. The quantitative estimate of drug-likeness (QED) is 0.820. The Bertz CT molecular complexity index is 551. The summed E-state index contributed by atoms with van der Waals surface area (Å²) in [5, 5.41) is 12.1. The second-order valence-corrected chi connectivity index (χ2v) is 5.18. The van der Waals surface area contributed by atoms with Gasteiger partial charge in [0.25, 0.3) is 0 Å². The van der Waals surface area contributed by atoms with E-state index in [0.717, 1.165) is 5.75 Å². The van der Waals surface area contributed by atoms with Crippen molar-refractivity contribution in [1.82, 2.24) is 5.32 Å². The van der Waals surface area contributed by atoms with Gasteiger partial charge in [-0.3, -0.25) is 0 Å². The van der Waals surface area contributed by atoms with Crippen LogP contribution in [0.25, 0.3) is 0 Å². The van der Waals surface area contributed by atoms with Gasteiger partial charge in [0.1, 0.15) is 12.4 Å². The maximum atomic E-state index is 8.82. The molecule has 0 spiro atoms. The zero-order valence-corrected chi connectivity index (χ0v) is 12.7. The van der Waals surface area contributed by atoms with Crippen molar-refractivity contribution in [3.8, 4) is 5.75 Å². The van der Waals surface area contributed by atoms with E-state index in [1.807, 2.05) is 24.3 Å². The fraction of sp³-hybridized carbons (Fsp3) is 0.333. The molecule has 0 fully saturated rings. The molecule has 21 heavy (non-hydrogen) atoms. The van der Waals surface area contributed by atoms with Gasteiger partial charge in [0.05, 0.1) is 6.61 Å². The van der Waals surface area contributed by atoms with Gasteiger partial charge in [0, 0.05) is 12.6 Å². The number of benzene rings is 2. The third-order valence-corrected chi connectivity index (χ3v) is 3.60. The van der Waals surface area contributed by atoms with Crippen molar-refractivity contribution in [2.75, 3.05) is 13.2 Å². The van der Waals surface area contributed by atoms with E-state index in [-0.39, 0.29) is 12.6 Å². The van der Waals surface area contributed by atoms with Gasteiger partial charge in [-0.15, -0.1) is 0 Å². The molecule has 112 valence electrons. The Morgan fingerprint density at radius 2 is 1.81 bits per heavy atom. The number of nitrogens with one attached hydrogen (secondary N) is 1. The van der Waals surface area contributed by atoms with Crippen molar-refractivity contribution in [2.24, 2.45) is 0 Å². The second kappa shape index (κ2) is 7.81. The number of aliphatic hydroxyl groups excluding tert-OH is 1. The van der Waals surface area contributed by atoms with E-state index in [1.165, 1.54) is 16.7 Å². The lowest BCUT2D eigenvalue weighted by molar-refractivity contribution is 0.286. The van der Waals surface area contributed by atoms with Crippen LogP contribution >= 0.6 is 0 Å². The number of ether oxygens (including phenoxy) is 1. The first kappa shape index (κ1) is 15.5. The van der Waals surface area contributed by atoms with Crippen LogP contribution in [0.5, 0.6) is 5.75 Å². The summed E-state index contributed by atoms with van der Waals surface area (Å²) in [5.41, 5.74) is 3.64. The van der Waals surface area contributed by atoms with E-state index in [1.54, 1.807) is 0 Å². The average molecular weight is 285 g/mol. The highest BCUT2D eigenvalue weighted by Gasteiger charge is 2.04. The van der Waals surface area contributed by atoms with E-state index >= 15 is 0 Å². The van der Waals surface area contributed by atoms with Gasteiger partial charge in [-0.25, -0.2) is 0 Å². The Morgan fingerprint density at radius 3 is 2.48 bits per heavy atom. The fourth-order valence-corrected chi connectivity index (χ4v) is 2.18. The predicted octanol–water partition coefficient (Wildman–Crippen LogP) is 3.22. The van der Waals surface area contributed by atoms with Crippen LogP contribution in [0, 0.1) is 6.92 Å². The molecule has 0 saturated heterocycles. The van der Waals surface area contributed by atoms with Crippen molar-refractivity contribution in [3.05, 3.63) is 65.2 Å². The Balaban J connectivity index is 1.92. The first-order chi connectivity index (χ1) is 10.2. The van der Waals surface area contributed by atoms with E-state index in [2.05, 4.69) is 43.4 Å². The molecule has 0 aromatic heterocycles. The summed E-state index contributed by atoms with van der Waals surface area (Å²) in [6.07, 6.45) is 0. The maximum Gasteiger partial charge on any atom is 0.119 e. The second-order valence-electron chi connectivity index (χ2n) is 5.18. The van der Waals surface area contributed by atoms with E-state index in [0.29, 0.717) is 13.2 Å². The first-order valence-electron chi connectivity index (χ1n) is 7.32. The summed E-state index contributed by atoms with van der Waals surface area (Å²) >= 11 is 0. The van der Waals surface area contributed by atoms with Crippen LogP contribution < -0.4 is 10.1 Å². The molecule has 0 aliphatic heterocycles. The molecule has 0 amide bonds. The summed E-state index contributed by atoms with van der Waals surface area (Å²) < 4.78 is 5.83. The Labute approximate surface area is 126 Å². The Kier molecular flexibility index (Phi) is 5.78. The summed E-state index contributed by atoms with van der Waals surface area (Å²) in [4.78, 5) is 0. The minimum atomic E-state index is 0.155. The van der Waals surface area contributed by atoms with Gasteiger partial charge >= 0.3 is 0 Å². The number of hydrogen-bond donors (Lipinski definition) is 2. The molecule has 2 rings (SSSR count). The Morgan fingerprint density at radius 1 is 1.10 bits per heavy atom. The number of aryl methyl sites for hydroxylation is 1. The van der Waals surface area contributed by atoms with E-state index in [4.69, 9.17) is 9.84 Å². The van der Waals surface area contributed by atoms with Crippen LogP contribution in [0.4, 0.5) is 0 Å². The van der Waals surface area contributed by atoms with Gasteiger partial charge in [0.2, 0.25) is 0 Å². The minimum Gasteiger partial charge on any atom is -0.489 e. The summed E-state index contributed by atoms with van der Waals surface area (Å²) in [5.74, 6) is 0.872. The zero-order valence-electron chi connectivity index (χ0n) is 12.7. The number of hydrogen-bond acceptors (Lipinski definition) is 3. The predicted molar refractivity (Wildman–Crippen MR) is 85.5 cm³/mol. The van der Waals surface area contributed by atoms with Gasteiger partial charge in [-0.05, 0) is 42.7 Å². The van der Waals surface area contributed by atoms with Crippen LogP contribution in [0.2, 0.25) is 0 Å². The maximum absolute atomic E-state index is 8.82. The molecule has 0 aliphatic carbocycles. The van der Waals surface area contributed by atoms with Crippen LogP contribution in [0.1, 0.15) is 29.7 Å². The molecule has 0 aliphatic rings. The van der Waals surface area contributed by atoms with Crippen LogP contribution in [0.15, 0.2) is 48.5 Å². The van der Waals surface area contributed by atoms with Gasteiger partial charge in [0.15, 0.2) is 0 Å². The molecule has 3 nitrogen and oxygen atoms in total. The van der Waals surface area contributed by atoms with Crippen molar-refractivity contribution in [1.29, 1.82) is 0 Å². The van der Waals surface area contributed by atoms with Gasteiger partial charge in [-0.1, -0.05) is 36.4 Å². The van der Waals surface area contributed by atoms with Crippen molar-refractivity contribution < 1.29 is 9.84 Å². The van der Waals surface area contributed by atoms with Gasteiger partial charge < -0.3 is 15.2 Å². The molecule has 0 radical (unpaired) electrons. The average Bonchev–Trinajstić information content (AvgIpc) is 2.52. The monoisotopic (exact) mass is 285 g/mol. The molecule has 0 saturated carbocycles. The summed E-state index contributed by atoms with van der Waals surface area (Å²) in [6, 6.07) is 16.6. The zero-order chi connectivity index (χ0) is 15.1. The largest absolute Gasteiger partial charge is 0.489 e. The SMILES string of the molecule is Cc1ccccc1COc1ccc(C(C)NCCO)cc1. The van der Waals surface area contributed by atoms with Crippen molar-refractivity contribution >= 4 is 0 Å². The van der Waals surface area contributed by atoms with Gasteiger partial charge in [-0.2, -0.15) is 0 Å². The smallest absolute Gasteiger partial charge is 0.119 e. The molecule has 1 atom stereocenters. The van der Waals surface area contributed by atoms with Crippen molar-refractivity contribution in [2.45, 2.75) is 26.5 Å². The third kappa shape index (κ3) is 4.59. The summed E-state index contributed by atoms with van der Waals surface area (Å²) in [6.45, 7) is 5.52. The van der Waals surface area contributed by atoms with E-state index in [9.17, 15) is 0 Å². The lowest BCUT2D eigenvalue weighted by Gasteiger charge is -2.14. The number of rotatable bonds is 7. The highest BCUT2D eigenvalue weighted by molar-refractivity contribution is 5.30. The molecule has 2 aromatic carbocycles. The lowest BCUT2D eigenvalue weighted by atomic mass is 10.1. The summed E-state index contributed by atoms with van der Waals surface area (Å²) in [7, 11) is 0. The van der Waals surface area contributed by atoms with E-state index < -0.39 is 0 Å². The molecule has 0 bridgehead atoms. The third-order valence-electron chi connectivity index (χ3n) is 3.60. The standard InChI is InChI=1S/C18H23NO2/c1-14-5-3-4-6-17(14)13-21-18-9-7-16(8-10-18)15(2)19-11-12-20/h3-10,15,19-20H,11-13H2,1-2H3. The van der Waals surface area contributed by atoms with Crippen molar-refractivity contribution in [3.63, 3.8) is 0 Å². The lowest BCUT2D eigenvalue weighted by Crippen LogP contribution is -2.21. The highest BCUT2D eigenvalue weighted by Crippen LogP contribution is 2.19. The van der Waals surface area contributed by atoms with Crippen LogP contribution in [-0.4, -0.2) is 18.3 Å². The molecule has 2 aromatic rings. The fourth-order valence-electron chi connectivity index (χ4n) is 2.18. The number of aliphatic hydroxyl groups is 1. The molecular weight excluding hydrogens is 262 g/mol. The first-order valence-corrected chi connectivity index (χ1v) is 7.32. The van der Waals surface area contributed by atoms with Crippen LogP contribution in [-0.2, 0) is 6.61 Å². The topological polar surface area (TPSA) is 41.5 Å². The normalized spacial score (nSPS) is 12.1. The molecule has 2 N–H and O–H groups in total. The Hall–Kier alpha value is -1.84.